The van der Waals surface area contributed by atoms with E-state index in [2.05, 4.69) is 21.5 Å². The van der Waals surface area contributed by atoms with E-state index in [1.165, 1.54) is 12.0 Å². The number of carboxylic acid groups (broad SMARTS) is 1. The molecule has 7 nitrogen and oxygen atoms in total. The number of hydrogen-bond acceptors (Lipinski definition) is 4. The Labute approximate surface area is 130 Å². The molecule has 0 amide bonds. The summed E-state index contributed by atoms with van der Waals surface area (Å²) in [5.41, 5.74) is 14.1. The number of rotatable bonds is 3. The maximum atomic E-state index is 9.00. The molecule has 1 aromatic heterocycles. The van der Waals surface area contributed by atoms with Gasteiger partial charge in [-0.15, -0.1) is 6.58 Å². The molecule has 1 heterocycles. The zero-order valence-corrected chi connectivity index (χ0v) is 13.0. The predicted molar refractivity (Wildman–Crippen MR) is 86.0 cm³/mol. The Morgan fingerprint density at radius 3 is 2.68 bits per heavy atom. The number of aryl methyl sites for hydroxylation is 1. The van der Waals surface area contributed by atoms with Gasteiger partial charge in [0.25, 0.3) is 11.9 Å². The smallest absolute Gasteiger partial charge is 0.300 e. The number of carbonyl (C=O) groups is 1. The second-order valence-corrected chi connectivity index (χ2v) is 5.14. The molecule has 120 valence electrons. The lowest BCUT2D eigenvalue weighted by molar-refractivity contribution is -0.134. The Morgan fingerprint density at radius 2 is 2.14 bits per heavy atom. The minimum Gasteiger partial charge on any atom is -0.481 e. The van der Waals surface area contributed by atoms with Crippen molar-refractivity contribution in [3.63, 3.8) is 0 Å². The minimum absolute atomic E-state index is 0.00886. The number of aliphatic imine (C=N–C) groups is 1. The molecule has 2 rings (SSSR count). The fourth-order valence-corrected chi connectivity index (χ4v) is 2.51. The van der Waals surface area contributed by atoms with Gasteiger partial charge in [0.15, 0.2) is 5.96 Å². The van der Waals surface area contributed by atoms with Crippen molar-refractivity contribution in [3.05, 3.63) is 29.6 Å². The molecule has 1 atom stereocenters. The SMILES string of the molecule is C=CCC1CCCc2c(C)nc(N=C(N)N)nc21.CC(=O)O. The third-order valence-electron chi connectivity index (χ3n) is 3.28. The molecule has 0 aliphatic heterocycles. The molecule has 1 aromatic rings. The zero-order valence-electron chi connectivity index (χ0n) is 13.0. The van der Waals surface area contributed by atoms with Crippen molar-refractivity contribution < 1.29 is 9.90 Å². The molecule has 0 saturated heterocycles. The molecule has 0 aromatic carbocycles. The highest BCUT2D eigenvalue weighted by atomic mass is 16.4. The number of nitrogens with zero attached hydrogens (tertiary/aromatic N) is 3. The second kappa shape index (κ2) is 8.11. The topological polar surface area (TPSA) is 127 Å². The molecule has 7 heteroatoms. The van der Waals surface area contributed by atoms with E-state index in [4.69, 9.17) is 21.4 Å². The van der Waals surface area contributed by atoms with Gasteiger partial charge in [-0.25, -0.2) is 9.97 Å². The van der Waals surface area contributed by atoms with Gasteiger partial charge >= 0.3 is 0 Å². The molecule has 1 unspecified atom stereocenters. The summed E-state index contributed by atoms with van der Waals surface area (Å²) in [6, 6.07) is 0. The van der Waals surface area contributed by atoms with E-state index < -0.39 is 5.97 Å². The molecule has 1 aliphatic rings. The average Bonchev–Trinajstić information content (AvgIpc) is 2.38. The summed E-state index contributed by atoms with van der Waals surface area (Å²) in [5, 5.41) is 7.42. The van der Waals surface area contributed by atoms with Crippen LogP contribution in [0.5, 0.6) is 0 Å². The van der Waals surface area contributed by atoms with E-state index in [0.29, 0.717) is 11.9 Å². The number of guanidine groups is 1. The van der Waals surface area contributed by atoms with Crippen LogP contribution in [0, 0.1) is 6.92 Å². The predicted octanol–water partition coefficient (Wildman–Crippen LogP) is 1.78. The molecule has 0 spiro atoms. The lowest BCUT2D eigenvalue weighted by Crippen LogP contribution is -2.22. The molecule has 0 fully saturated rings. The number of aliphatic carboxylic acids is 1. The van der Waals surface area contributed by atoms with Crippen molar-refractivity contribution in [2.45, 2.75) is 45.4 Å². The van der Waals surface area contributed by atoms with Crippen LogP contribution in [0.3, 0.4) is 0 Å². The number of carboxylic acids is 1. The first-order chi connectivity index (χ1) is 10.3. The van der Waals surface area contributed by atoms with Gasteiger partial charge < -0.3 is 16.6 Å². The third-order valence-corrected chi connectivity index (χ3v) is 3.28. The van der Waals surface area contributed by atoms with Gasteiger partial charge in [-0.1, -0.05) is 6.08 Å². The van der Waals surface area contributed by atoms with Crippen molar-refractivity contribution in [1.29, 1.82) is 0 Å². The van der Waals surface area contributed by atoms with E-state index in [1.54, 1.807) is 0 Å². The molecule has 0 radical (unpaired) electrons. The first-order valence-electron chi connectivity index (χ1n) is 7.12. The van der Waals surface area contributed by atoms with Crippen LogP contribution in [0.15, 0.2) is 17.6 Å². The maximum Gasteiger partial charge on any atom is 0.300 e. The summed E-state index contributed by atoms with van der Waals surface area (Å²) in [6.45, 7) is 6.88. The molecule has 5 N–H and O–H groups in total. The van der Waals surface area contributed by atoms with Crippen LogP contribution >= 0.6 is 0 Å². The standard InChI is InChI=1S/C13H19N5.C2H4O2/c1-3-5-9-6-4-7-10-8(2)16-13(17-11(9)10)18-12(14)15;1-2(3)4/h3,9H,1,4-7H2,2H3,(H4,14,15,16,17,18);1H3,(H,3,4). The van der Waals surface area contributed by atoms with Gasteiger partial charge in [0.2, 0.25) is 0 Å². The van der Waals surface area contributed by atoms with Crippen molar-refractivity contribution in [2.75, 3.05) is 0 Å². The Kier molecular flexibility index (Phi) is 6.49. The minimum atomic E-state index is -0.833. The zero-order chi connectivity index (χ0) is 16.7. The lowest BCUT2D eigenvalue weighted by atomic mass is 9.84. The van der Waals surface area contributed by atoms with Crippen molar-refractivity contribution >= 4 is 17.9 Å². The fraction of sp³-hybridized carbons (Fsp3) is 0.467. The highest BCUT2D eigenvalue weighted by Gasteiger charge is 2.23. The van der Waals surface area contributed by atoms with Crippen LogP contribution in [-0.2, 0) is 11.2 Å². The quantitative estimate of drug-likeness (QED) is 0.443. The summed E-state index contributed by atoms with van der Waals surface area (Å²) < 4.78 is 0. The first-order valence-corrected chi connectivity index (χ1v) is 7.12. The number of hydrogen-bond donors (Lipinski definition) is 3. The van der Waals surface area contributed by atoms with E-state index in [-0.39, 0.29) is 5.96 Å². The van der Waals surface area contributed by atoms with Gasteiger partial charge in [-0.05, 0) is 38.2 Å². The molecule has 0 saturated carbocycles. The third kappa shape index (κ3) is 5.16. The second-order valence-electron chi connectivity index (χ2n) is 5.14. The van der Waals surface area contributed by atoms with Crippen molar-refractivity contribution in [1.82, 2.24) is 9.97 Å². The number of nitrogens with two attached hydrogens (primary N) is 2. The molecular formula is C15H23N5O2. The van der Waals surface area contributed by atoms with E-state index in [1.807, 2.05) is 13.0 Å². The van der Waals surface area contributed by atoms with Gasteiger partial charge in [0.05, 0.1) is 5.69 Å². The van der Waals surface area contributed by atoms with E-state index >= 15 is 0 Å². The summed E-state index contributed by atoms with van der Waals surface area (Å²) in [5.74, 6) is -0.0615. The highest BCUT2D eigenvalue weighted by Crippen LogP contribution is 2.34. The number of aromatic nitrogens is 2. The van der Waals surface area contributed by atoms with Gasteiger partial charge in [0.1, 0.15) is 0 Å². The van der Waals surface area contributed by atoms with Crippen LogP contribution < -0.4 is 11.5 Å². The van der Waals surface area contributed by atoms with Crippen LogP contribution in [-0.4, -0.2) is 27.0 Å². The van der Waals surface area contributed by atoms with Crippen LogP contribution in [0.25, 0.3) is 0 Å². The van der Waals surface area contributed by atoms with Gasteiger partial charge in [-0.2, -0.15) is 4.99 Å². The first kappa shape index (κ1) is 17.6. The molecule has 22 heavy (non-hydrogen) atoms. The Balaban J connectivity index is 0.000000541. The molecule has 1 aliphatic carbocycles. The maximum absolute atomic E-state index is 9.00. The fourth-order valence-electron chi connectivity index (χ4n) is 2.51. The average molecular weight is 305 g/mol. The van der Waals surface area contributed by atoms with Gasteiger partial charge in [0, 0.05) is 18.5 Å². The Hall–Kier alpha value is -2.44. The monoisotopic (exact) mass is 305 g/mol. The normalized spacial score (nSPS) is 15.8. The number of fused-ring (bicyclic) bond motifs is 1. The van der Waals surface area contributed by atoms with Crippen molar-refractivity contribution in [3.8, 4) is 0 Å². The van der Waals surface area contributed by atoms with Crippen LogP contribution in [0.4, 0.5) is 5.95 Å². The van der Waals surface area contributed by atoms with Crippen LogP contribution in [0.1, 0.15) is 49.1 Å². The number of allylic oxidation sites excluding steroid dienone is 1. The summed E-state index contributed by atoms with van der Waals surface area (Å²) in [7, 11) is 0. The van der Waals surface area contributed by atoms with Gasteiger partial charge in [-0.3, -0.25) is 4.79 Å². The highest BCUT2D eigenvalue weighted by molar-refractivity contribution is 5.77. The molecule has 0 bridgehead atoms. The molecular weight excluding hydrogens is 282 g/mol. The summed E-state index contributed by atoms with van der Waals surface area (Å²) >= 11 is 0. The van der Waals surface area contributed by atoms with Crippen molar-refractivity contribution in [2.24, 2.45) is 16.5 Å². The van der Waals surface area contributed by atoms with Crippen LogP contribution in [0.2, 0.25) is 0 Å². The largest absolute Gasteiger partial charge is 0.481 e. The van der Waals surface area contributed by atoms with E-state index in [9.17, 15) is 0 Å². The Morgan fingerprint density at radius 1 is 1.50 bits per heavy atom. The summed E-state index contributed by atoms with van der Waals surface area (Å²) in [4.78, 5) is 21.8. The lowest BCUT2D eigenvalue weighted by Gasteiger charge is -2.24. The van der Waals surface area contributed by atoms with E-state index in [0.717, 1.165) is 37.6 Å². The summed E-state index contributed by atoms with van der Waals surface area (Å²) in [6.07, 6.45) is 6.23. The Bertz CT molecular complexity index is 576.